The molecule has 0 atom stereocenters. The third-order valence-electron chi connectivity index (χ3n) is 3.15. The molecule has 0 aliphatic carbocycles. The van der Waals surface area contributed by atoms with Crippen molar-refractivity contribution in [1.29, 1.82) is 0 Å². The molecule has 1 aromatic heterocycles. The summed E-state index contributed by atoms with van der Waals surface area (Å²) in [6.07, 6.45) is 0. The van der Waals surface area contributed by atoms with Crippen LogP contribution in [0.15, 0.2) is 51.8 Å². The Morgan fingerprint density at radius 1 is 1.23 bits per heavy atom. The van der Waals surface area contributed by atoms with Gasteiger partial charge in [-0.1, -0.05) is 29.8 Å². The topological polar surface area (TPSA) is 72.2 Å². The number of nitrogens with zero attached hydrogens (tertiary/aromatic N) is 1. The molecule has 0 radical (unpaired) electrons. The lowest BCUT2D eigenvalue weighted by molar-refractivity contribution is 0.560. The maximum Gasteiger partial charge on any atom is 0.242 e. The quantitative estimate of drug-likeness (QED) is 0.793. The number of aryl methyl sites for hydroxylation is 1. The van der Waals surface area contributed by atoms with Crippen LogP contribution in [0.1, 0.15) is 11.5 Å². The number of benzene rings is 2. The Kier molecular flexibility index (Phi) is 3.90. The molecule has 2 aromatic carbocycles. The highest BCUT2D eigenvalue weighted by molar-refractivity contribution is 7.89. The van der Waals surface area contributed by atoms with E-state index in [4.69, 9.17) is 16.0 Å². The lowest BCUT2D eigenvalue weighted by Crippen LogP contribution is -2.23. The van der Waals surface area contributed by atoms with Gasteiger partial charge in [0.2, 0.25) is 10.0 Å². The second-order valence-corrected chi connectivity index (χ2v) is 6.93. The van der Waals surface area contributed by atoms with E-state index >= 15 is 0 Å². The predicted octanol–water partition coefficient (Wildman–Crippen LogP) is 3.27. The van der Waals surface area contributed by atoms with Gasteiger partial charge in [0.1, 0.15) is 10.4 Å². The third-order valence-corrected chi connectivity index (χ3v) is 5.05. The van der Waals surface area contributed by atoms with Gasteiger partial charge in [0.25, 0.3) is 0 Å². The highest BCUT2D eigenvalue weighted by Crippen LogP contribution is 2.21. The Balaban J connectivity index is 1.82. The van der Waals surface area contributed by atoms with E-state index in [0.29, 0.717) is 11.5 Å². The van der Waals surface area contributed by atoms with Gasteiger partial charge in [0.05, 0.1) is 5.02 Å². The van der Waals surface area contributed by atoms with Crippen LogP contribution in [0.4, 0.5) is 0 Å². The molecule has 7 heteroatoms. The van der Waals surface area contributed by atoms with Gasteiger partial charge < -0.3 is 4.42 Å². The van der Waals surface area contributed by atoms with Crippen molar-refractivity contribution in [1.82, 2.24) is 9.71 Å². The van der Waals surface area contributed by atoms with Crippen molar-refractivity contribution < 1.29 is 12.8 Å². The Hall–Kier alpha value is -1.89. The average molecular weight is 337 g/mol. The molecule has 3 rings (SSSR count). The first-order chi connectivity index (χ1) is 10.5. The van der Waals surface area contributed by atoms with Gasteiger partial charge in [-0.2, -0.15) is 0 Å². The summed E-state index contributed by atoms with van der Waals surface area (Å²) in [6, 6.07) is 11.7. The van der Waals surface area contributed by atoms with Crippen LogP contribution in [0, 0.1) is 6.92 Å². The standard InChI is InChI=1S/C15H13ClN2O3S/c1-10-18-13-7-6-11(8-14(13)21-10)9-17-22(19,20)15-5-3-2-4-12(15)16/h2-8,17H,9H2,1H3. The summed E-state index contributed by atoms with van der Waals surface area (Å²) in [5.41, 5.74) is 2.15. The van der Waals surface area contributed by atoms with Crippen molar-refractivity contribution in [3.63, 3.8) is 0 Å². The molecule has 0 aliphatic rings. The largest absolute Gasteiger partial charge is 0.441 e. The molecular weight excluding hydrogens is 324 g/mol. The van der Waals surface area contributed by atoms with E-state index in [-0.39, 0.29) is 16.5 Å². The normalized spacial score (nSPS) is 11.9. The Morgan fingerprint density at radius 2 is 2.00 bits per heavy atom. The van der Waals surface area contributed by atoms with Gasteiger partial charge in [-0.3, -0.25) is 0 Å². The summed E-state index contributed by atoms with van der Waals surface area (Å²) in [7, 11) is -3.67. The summed E-state index contributed by atoms with van der Waals surface area (Å²) >= 11 is 5.93. The predicted molar refractivity (Wildman–Crippen MR) is 84.2 cm³/mol. The van der Waals surface area contributed by atoms with Gasteiger partial charge in [-0.25, -0.2) is 18.1 Å². The lowest BCUT2D eigenvalue weighted by Gasteiger charge is -2.08. The molecule has 0 amide bonds. The van der Waals surface area contributed by atoms with E-state index < -0.39 is 10.0 Å². The molecule has 0 aliphatic heterocycles. The first kappa shape index (κ1) is 15.0. The van der Waals surface area contributed by atoms with Crippen molar-refractivity contribution in [2.75, 3.05) is 0 Å². The van der Waals surface area contributed by atoms with E-state index in [1.807, 2.05) is 0 Å². The third kappa shape index (κ3) is 2.99. The number of oxazole rings is 1. The minimum Gasteiger partial charge on any atom is -0.441 e. The molecule has 0 saturated carbocycles. The molecule has 0 spiro atoms. The zero-order valence-electron chi connectivity index (χ0n) is 11.7. The second kappa shape index (κ2) is 5.72. The molecule has 5 nitrogen and oxygen atoms in total. The van der Waals surface area contributed by atoms with E-state index in [2.05, 4.69) is 9.71 Å². The van der Waals surface area contributed by atoms with Crippen molar-refractivity contribution in [3.8, 4) is 0 Å². The number of fused-ring (bicyclic) bond motifs is 1. The van der Waals surface area contributed by atoms with Crippen LogP contribution >= 0.6 is 11.6 Å². The molecule has 0 fully saturated rings. The number of aromatic nitrogens is 1. The van der Waals surface area contributed by atoms with Crippen molar-refractivity contribution in [2.24, 2.45) is 0 Å². The maximum absolute atomic E-state index is 12.3. The average Bonchev–Trinajstić information content (AvgIpc) is 2.85. The molecule has 0 unspecified atom stereocenters. The SMILES string of the molecule is Cc1nc2ccc(CNS(=O)(=O)c3ccccc3Cl)cc2o1. The number of halogens is 1. The number of hydrogen-bond acceptors (Lipinski definition) is 4. The minimum absolute atomic E-state index is 0.0632. The van der Waals surface area contributed by atoms with Crippen LogP contribution in [-0.4, -0.2) is 13.4 Å². The number of hydrogen-bond donors (Lipinski definition) is 1. The summed E-state index contributed by atoms with van der Waals surface area (Å²) in [5, 5.41) is 0.191. The molecule has 1 heterocycles. The van der Waals surface area contributed by atoms with Crippen molar-refractivity contribution >= 4 is 32.7 Å². The Bertz CT molecular complexity index is 935. The number of nitrogens with one attached hydrogen (secondary N) is 1. The zero-order valence-corrected chi connectivity index (χ0v) is 13.3. The molecule has 114 valence electrons. The zero-order chi connectivity index (χ0) is 15.7. The molecule has 22 heavy (non-hydrogen) atoms. The smallest absolute Gasteiger partial charge is 0.242 e. The van der Waals surface area contributed by atoms with E-state index in [0.717, 1.165) is 11.1 Å². The van der Waals surface area contributed by atoms with Gasteiger partial charge in [-0.15, -0.1) is 0 Å². The number of rotatable bonds is 4. The summed E-state index contributed by atoms with van der Waals surface area (Å²) < 4.78 is 32.5. The molecular formula is C15H13ClN2O3S. The van der Waals surface area contributed by atoms with Crippen LogP contribution in [-0.2, 0) is 16.6 Å². The summed E-state index contributed by atoms with van der Waals surface area (Å²) in [5.74, 6) is 0.573. The Labute approximate surface area is 133 Å². The monoisotopic (exact) mass is 336 g/mol. The van der Waals surface area contributed by atoms with Crippen LogP contribution in [0.2, 0.25) is 5.02 Å². The first-order valence-electron chi connectivity index (χ1n) is 6.56. The van der Waals surface area contributed by atoms with Gasteiger partial charge >= 0.3 is 0 Å². The fourth-order valence-corrected chi connectivity index (χ4v) is 3.65. The van der Waals surface area contributed by atoms with E-state index in [1.54, 1.807) is 43.3 Å². The second-order valence-electron chi connectivity index (χ2n) is 4.79. The number of sulfonamides is 1. The van der Waals surface area contributed by atoms with Crippen molar-refractivity contribution in [2.45, 2.75) is 18.4 Å². The van der Waals surface area contributed by atoms with Gasteiger partial charge in [-0.05, 0) is 29.8 Å². The highest BCUT2D eigenvalue weighted by atomic mass is 35.5. The highest BCUT2D eigenvalue weighted by Gasteiger charge is 2.17. The maximum atomic E-state index is 12.3. The van der Waals surface area contributed by atoms with Crippen LogP contribution < -0.4 is 4.72 Å². The van der Waals surface area contributed by atoms with E-state index in [1.165, 1.54) is 6.07 Å². The summed E-state index contributed by atoms with van der Waals surface area (Å²) in [6.45, 7) is 1.91. The van der Waals surface area contributed by atoms with Crippen LogP contribution in [0.5, 0.6) is 0 Å². The van der Waals surface area contributed by atoms with Crippen molar-refractivity contribution in [3.05, 3.63) is 58.9 Å². The fraction of sp³-hybridized carbons (Fsp3) is 0.133. The van der Waals surface area contributed by atoms with Crippen LogP contribution in [0.3, 0.4) is 0 Å². The molecule has 0 bridgehead atoms. The van der Waals surface area contributed by atoms with Gasteiger partial charge in [0, 0.05) is 13.5 Å². The lowest BCUT2D eigenvalue weighted by atomic mass is 10.2. The molecule has 3 aromatic rings. The van der Waals surface area contributed by atoms with Crippen LogP contribution in [0.25, 0.3) is 11.1 Å². The minimum atomic E-state index is -3.67. The Morgan fingerprint density at radius 3 is 2.77 bits per heavy atom. The van der Waals surface area contributed by atoms with E-state index in [9.17, 15) is 8.42 Å². The fourth-order valence-electron chi connectivity index (χ4n) is 2.11. The van der Waals surface area contributed by atoms with Gasteiger partial charge in [0.15, 0.2) is 11.5 Å². The molecule has 1 N–H and O–H groups in total. The first-order valence-corrected chi connectivity index (χ1v) is 8.42. The summed E-state index contributed by atoms with van der Waals surface area (Å²) in [4.78, 5) is 4.26. The molecule has 0 saturated heterocycles.